The summed E-state index contributed by atoms with van der Waals surface area (Å²) in [5, 5.41) is 0. The fourth-order valence-electron chi connectivity index (χ4n) is 2.10. The van der Waals surface area contributed by atoms with E-state index in [1.807, 2.05) is 0 Å². The molecule has 2 N–H and O–H groups in total. The minimum atomic E-state index is 0.719. The fourth-order valence-corrected chi connectivity index (χ4v) is 2.10. The first-order chi connectivity index (χ1) is 7.72. The van der Waals surface area contributed by atoms with E-state index < -0.39 is 0 Å². The van der Waals surface area contributed by atoms with Gasteiger partial charge in [-0.3, -0.25) is 4.90 Å². The lowest BCUT2D eigenvalue weighted by Crippen LogP contribution is -2.43. The zero-order chi connectivity index (χ0) is 11.8. The van der Waals surface area contributed by atoms with Crippen molar-refractivity contribution >= 4 is 0 Å². The molecule has 1 aliphatic heterocycles. The third-order valence-corrected chi connectivity index (χ3v) is 2.90. The van der Waals surface area contributed by atoms with Crippen LogP contribution in [0.25, 0.3) is 0 Å². The number of hydrogen-bond acceptors (Lipinski definition) is 4. The molecule has 0 saturated carbocycles. The molecule has 0 radical (unpaired) electrons. The van der Waals surface area contributed by atoms with Gasteiger partial charge in [-0.25, -0.2) is 0 Å². The molecule has 1 fully saturated rings. The SMILES string of the molecule is CC(C)CN(CCN)CCN1CCOCC1. The molecular weight excluding hydrogens is 202 g/mol. The van der Waals surface area contributed by atoms with Crippen LogP contribution in [0.3, 0.4) is 0 Å². The second kappa shape index (κ2) is 8.01. The van der Waals surface area contributed by atoms with Crippen LogP contribution in [0.4, 0.5) is 0 Å². The third kappa shape index (κ3) is 5.80. The molecule has 1 heterocycles. The second-order valence-corrected chi connectivity index (χ2v) is 4.94. The van der Waals surface area contributed by atoms with Crippen LogP contribution in [-0.2, 0) is 4.74 Å². The van der Waals surface area contributed by atoms with E-state index in [9.17, 15) is 0 Å². The molecule has 0 aromatic rings. The summed E-state index contributed by atoms with van der Waals surface area (Å²) in [4.78, 5) is 4.95. The lowest BCUT2D eigenvalue weighted by molar-refractivity contribution is 0.0329. The molecule has 0 aromatic carbocycles. The van der Waals surface area contributed by atoms with Gasteiger partial charge in [0.2, 0.25) is 0 Å². The highest BCUT2D eigenvalue weighted by atomic mass is 16.5. The Bertz CT molecular complexity index is 170. The van der Waals surface area contributed by atoms with E-state index in [0.717, 1.165) is 64.9 Å². The Kier molecular flexibility index (Phi) is 6.96. The summed E-state index contributed by atoms with van der Waals surface area (Å²) in [5.74, 6) is 0.719. The molecule has 1 rings (SSSR count). The number of rotatable bonds is 7. The molecule has 0 aliphatic carbocycles. The molecular formula is C12H27N3O. The minimum absolute atomic E-state index is 0.719. The van der Waals surface area contributed by atoms with Crippen molar-refractivity contribution in [2.24, 2.45) is 11.7 Å². The Hall–Kier alpha value is -0.160. The fraction of sp³-hybridized carbons (Fsp3) is 1.00. The first-order valence-electron chi connectivity index (χ1n) is 6.45. The summed E-state index contributed by atoms with van der Waals surface area (Å²) in [6, 6.07) is 0. The van der Waals surface area contributed by atoms with Gasteiger partial charge in [0.15, 0.2) is 0 Å². The van der Waals surface area contributed by atoms with Crippen LogP contribution in [0.1, 0.15) is 13.8 Å². The van der Waals surface area contributed by atoms with E-state index in [-0.39, 0.29) is 0 Å². The van der Waals surface area contributed by atoms with Gasteiger partial charge in [0.1, 0.15) is 0 Å². The van der Waals surface area contributed by atoms with Crippen LogP contribution in [0.2, 0.25) is 0 Å². The molecule has 16 heavy (non-hydrogen) atoms. The lowest BCUT2D eigenvalue weighted by Gasteiger charge is -2.30. The van der Waals surface area contributed by atoms with Gasteiger partial charge in [0.25, 0.3) is 0 Å². The standard InChI is InChI=1S/C12H27N3O/c1-12(2)11-15(4-3-13)6-5-14-7-9-16-10-8-14/h12H,3-11,13H2,1-2H3. The highest BCUT2D eigenvalue weighted by Gasteiger charge is 2.12. The minimum Gasteiger partial charge on any atom is -0.379 e. The van der Waals surface area contributed by atoms with Crippen LogP contribution >= 0.6 is 0 Å². The normalized spacial score (nSPS) is 18.6. The van der Waals surface area contributed by atoms with E-state index in [1.54, 1.807) is 0 Å². The maximum Gasteiger partial charge on any atom is 0.0594 e. The Labute approximate surface area is 99.7 Å². The van der Waals surface area contributed by atoms with Crippen LogP contribution in [-0.4, -0.2) is 68.8 Å². The van der Waals surface area contributed by atoms with Crippen molar-refractivity contribution in [2.75, 3.05) is 59.0 Å². The van der Waals surface area contributed by atoms with Crippen molar-refractivity contribution in [1.82, 2.24) is 9.80 Å². The molecule has 4 heteroatoms. The zero-order valence-electron chi connectivity index (χ0n) is 10.8. The van der Waals surface area contributed by atoms with E-state index >= 15 is 0 Å². The first kappa shape index (κ1) is 13.9. The molecule has 0 unspecified atom stereocenters. The van der Waals surface area contributed by atoms with Crippen molar-refractivity contribution < 1.29 is 4.74 Å². The van der Waals surface area contributed by atoms with Gasteiger partial charge in [0.05, 0.1) is 13.2 Å². The summed E-state index contributed by atoms with van der Waals surface area (Å²) in [6.07, 6.45) is 0. The largest absolute Gasteiger partial charge is 0.379 e. The maximum atomic E-state index is 5.64. The third-order valence-electron chi connectivity index (χ3n) is 2.90. The molecule has 1 saturated heterocycles. The smallest absolute Gasteiger partial charge is 0.0594 e. The Morgan fingerprint density at radius 2 is 1.94 bits per heavy atom. The van der Waals surface area contributed by atoms with E-state index in [2.05, 4.69) is 23.6 Å². The highest BCUT2D eigenvalue weighted by Crippen LogP contribution is 2.01. The van der Waals surface area contributed by atoms with Gasteiger partial charge >= 0.3 is 0 Å². The van der Waals surface area contributed by atoms with Crippen LogP contribution < -0.4 is 5.73 Å². The maximum absolute atomic E-state index is 5.64. The van der Waals surface area contributed by atoms with E-state index in [0.29, 0.717) is 0 Å². The summed E-state index contributed by atoms with van der Waals surface area (Å²) >= 11 is 0. The zero-order valence-corrected chi connectivity index (χ0v) is 10.8. The quantitative estimate of drug-likeness (QED) is 0.679. The molecule has 0 spiro atoms. The van der Waals surface area contributed by atoms with Gasteiger partial charge in [-0.15, -0.1) is 0 Å². The topological polar surface area (TPSA) is 41.7 Å². The van der Waals surface area contributed by atoms with Crippen LogP contribution in [0.5, 0.6) is 0 Å². The predicted octanol–water partition coefficient (Wildman–Crippen LogP) is 0.235. The molecule has 0 bridgehead atoms. The Balaban J connectivity index is 2.19. The average molecular weight is 229 g/mol. The summed E-state index contributed by atoms with van der Waals surface area (Å²) in [5.41, 5.74) is 5.64. The van der Waals surface area contributed by atoms with Gasteiger partial charge in [0, 0.05) is 45.8 Å². The van der Waals surface area contributed by atoms with Gasteiger partial charge in [-0.05, 0) is 5.92 Å². The monoisotopic (exact) mass is 229 g/mol. The molecule has 4 nitrogen and oxygen atoms in total. The van der Waals surface area contributed by atoms with Crippen molar-refractivity contribution in [3.63, 3.8) is 0 Å². The van der Waals surface area contributed by atoms with Crippen molar-refractivity contribution in [2.45, 2.75) is 13.8 Å². The Morgan fingerprint density at radius 1 is 1.25 bits per heavy atom. The molecule has 0 amide bonds. The molecule has 0 aromatic heterocycles. The molecule has 96 valence electrons. The number of ether oxygens (including phenoxy) is 1. The first-order valence-corrected chi connectivity index (χ1v) is 6.45. The van der Waals surface area contributed by atoms with Crippen molar-refractivity contribution in [3.05, 3.63) is 0 Å². The molecule has 0 atom stereocenters. The summed E-state index contributed by atoms with van der Waals surface area (Å²) < 4.78 is 5.34. The molecule has 1 aliphatic rings. The Morgan fingerprint density at radius 3 is 2.50 bits per heavy atom. The summed E-state index contributed by atoms with van der Waals surface area (Å²) in [7, 11) is 0. The predicted molar refractivity (Wildman–Crippen MR) is 67.6 cm³/mol. The van der Waals surface area contributed by atoms with Gasteiger partial charge in [-0.1, -0.05) is 13.8 Å². The number of nitrogens with two attached hydrogens (primary N) is 1. The van der Waals surface area contributed by atoms with E-state index in [4.69, 9.17) is 10.5 Å². The van der Waals surface area contributed by atoms with Crippen molar-refractivity contribution in [1.29, 1.82) is 0 Å². The van der Waals surface area contributed by atoms with Gasteiger partial charge < -0.3 is 15.4 Å². The second-order valence-electron chi connectivity index (χ2n) is 4.94. The van der Waals surface area contributed by atoms with Gasteiger partial charge in [-0.2, -0.15) is 0 Å². The summed E-state index contributed by atoms with van der Waals surface area (Å²) in [6.45, 7) is 13.7. The van der Waals surface area contributed by atoms with E-state index in [1.165, 1.54) is 0 Å². The number of hydrogen-bond donors (Lipinski definition) is 1. The number of nitrogens with zero attached hydrogens (tertiary/aromatic N) is 2. The van der Waals surface area contributed by atoms with Crippen molar-refractivity contribution in [3.8, 4) is 0 Å². The lowest BCUT2D eigenvalue weighted by atomic mass is 10.2. The van der Waals surface area contributed by atoms with Crippen LogP contribution in [0.15, 0.2) is 0 Å². The highest BCUT2D eigenvalue weighted by molar-refractivity contribution is 4.67. The number of morpholine rings is 1. The van der Waals surface area contributed by atoms with Crippen LogP contribution in [0, 0.1) is 5.92 Å². The average Bonchev–Trinajstić information content (AvgIpc) is 2.27.